The number of H-pyrrole nitrogens is 1. The van der Waals surface area contributed by atoms with E-state index in [4.69, 9.17) is 0 Å². The molecule has 0 saturated carbocycles. The summed E-state index contributed by atoms with van der Waals surface area (Å²) < 4.78 is 74.7. The lowest BCUT2D eigenvalue weighted by Crippen LogP contribution is -2.15. The Labute approximate surface area is 100 Å². The van der Waals surface area contributed by atoms with Crippen LogP contribution in [0.2, 0.25) is 0 Å². The number of aromatic amines is 1. The zero-order valence-electron chi connectivity index (χ0n) is 9.67. The second kappa shape index (κ2) is 5.24. The predicted octanol–water partition coefficient (Wildman–Crippen LogP) is 4.79. The van der Waals surface area contributed by atoms with Crippen LogP contribution in [0.15, 0.2) is 6.07 Å². The summed E-state index contributed by atoms with van der Waals surface area (Å²) in [7, 11) is 0. The summed E-state index contributed by atoms with van der Waals surface area (Å²) in [6.45, 7) is 1.90. The van der Waals surface area contributed by atoms with Gasteiger partial charge in [-0.05, 0) is 18.9 Å². The molecule has 7 heteroatoms. The van der Waals surface area contributed by atoms with Gasteiger partial charge in [-0.25, -0.2) is 0 Å². The van der Waals surface area contributed by atoms with Crippen molar-refractivity contribution in [2.75, 3.05) is 0 Å². The third-order valence-corrected chi connectivity index (χ3v) is 2.51. The molecule has 0 atom stereocenters. The molecule has 0 amide bonds. The highest BCUT2D eigenvalue weighted by Crippen LogP contribution is 2.40. The summed E-state index contributed by atoms with van der Waals surface area (Å²) >= 11 is 0. The Bertz CT molecular complexity index is 356. The van der Waals surface area contributed by atoms with Crippen LogP contribution in [0.5, 0.6) is 0 Å². The van der Waals surface area contributed by atoms with E-state index in [9.17, 15) is 26.3 Å². The van der Waals surface area contributed by atoms with Crippen molar-refractivity contribution in [3.8, 4) is 0 Å². The minimum Gasteiger partial charge on any atom is -0.354 e. The number of hydrogen-bond donors (Lipinski definition) is 1. The maximum atomic E-state index is 12.5. The number of aromatic nitrogens is 1. The molecule has 1 heterocycles. The molecule has 18 heavy (non-hydrogen) atoms. The molecule has 1 aromatic rings. The summed E-state index contributed by atoms with van der Waals surface area (Å²) in [4.78, 5) is 1.84. The summed E-state index contributed by atoms with van der Waals surface area (Å²) in [6.07, 6.45) is -7.66. The molecule has 0 aliphatic heterocycles. The topological polar surface area (TPSA) is 15.8 Å². The average Bonchev–Trinajstić information content (AvgIpc) is 2.61. The van der Waals surface area contributed by atoms with Crippen molar-refractivity contribution in [2.24, 2.45) is 0 Å². The van der Waals surface area contributed by atoms with E-state index in [1.165, 1.54) is 0 Å². The lowest BCUT2D eigenvalue weighted by atomic mass is 10.1. The molecule has 1 nitrogen and oxygen atoms in total. The first kappa shape index (κ1) is 14.9. The van der Waals surface area contributed by atoms with Crippen LogP contribution in [0.25, 0.3) is 0 Å². The second-order valence-electron chi connectivity index (χ2n) is 4.04. The van der Waals surface area contributed by atoms with E-state index >= 15 is 0 Å². The highest BCUT2D eigenvalue weighted by Gasteiger charge is 2.45. The molecule has 1 aromatic heterocycles. The fraction of sp³-hybridized carbons (Fsp3) is 0.636. The van der Waals surface area contributed by atoms with Crippen LogP contribution in [-0.4, -0.2) is 4.98 Å². The van der Waals surface area contributed by atoms with Gasteiger partial charge in [-0.15, -0.1) is 0 Å². The molecule has 104 valence electrons. The Morgan fingerprint density at radius 2 is 1.61 bits per heavy atom. The fourth-order valence-electron chi connectivity index (χ4n) is 1.66. The van der Waals surface area contributed by atoms with Gasteiger partial charge in [0.2, 0.25) is 0 Å². The number of halogens is 6. The lowest BCUT2D eigenvalue weighted by molar-refractivity contribution is -0.163. The number of unbranched alkanes of at least 4 members (excludes halogenated alkanes) is 2. The molecule has 1 N–H and O–H groups in total. The van der Waals surface area contributed by atoms with E-state index in [1.54, 1.807) is 0 Å². The van der Waals surface area contributed by atoms with Gasteiger partial charge in [0, 0.05) is 5.69 Å². The van der Waals surface area contributed by atoms with Gasteiger partial charge in [0.05, 0.1) is 5.56 Å². The quantitative estimate of drug-likeness (QED) is 0.600. The smallest absolute Gasteiger partial charge is 0.354 e. The minimum absolute atomic E-state index is 0.0249. The first-order valence-corrected chi connectivity index (χ1v) is 5.52. The molecule has 0 fully saturated rings. The van der Waals surface area contributed by atoms with Crippen LogP contribution in [0.4, 0.5) is 26.3 Å². The molecule has 0 bridgehead atoms. The van der Waals surface area contributed by atoms with Crippen molar-refractivity contribution in [1.29, 1.82) is 0 Å². The van der Waals surface area contributed by atoms with Gasteiger partial charge in [0.25, 0.3) is 0 Å². The number of alkyl halides is 6. The Kier molecular flexibility index (Phi) is 4.34. The molecule has 0 aliphatic carbocycles. The molecule has 0 aromatic carbocycles. The zero-order valence-corrected chi connectivity index (χ0v) is 9.67. The Balaban J connectivity index is 3.01. The van der Waals surface area contributed by atoms with Gasteiger partial charge >= 0.3 is 12.4 Å². The third kappa shape index (κ3) is 3.68. The molecule has 0 aliphatic rings. The fourth-order valence-corrected chi connectivity index (χ4v) is 1.66. The van der Waals surface area contributed by atoms with E-state index in [0.29, 0.717) is 12.5 Å². The number of rotatable bonds is 4. The average molecular weight is 273 g/mol. The first-order chi connectivity index (χ1) is 8.16. The normalized spacial score (nSPS) is 13.1. The van der Waals surface area contributed by atoms with E-state index in [1.807, 2.05) is 11.9 Å². The van der Waals surface area contributed by atoms with Crippen molar-refractivity contribution in [3.63, 3.8) is 0 Å². The van der Waals surface area contributed by atoms with E-state index in [0.717, 1.165) is 12.8 Å². The lowest BCUT2D eigenvalue weighted by Gasteiger charge is -2.10. The van der Waals surface area contributed by atoms with Gasteiger partial charge in [-0.2, -0.15) is 26.3 Å². The van der Waals surface area contributed by atoms with Crippen LogP contribution < -0.4 is 0 Å². The molecule has 0 radical (unpaired) electrons. The number of hydrogen-bond acceptors (Lipinski definition) is 0. The largest absolute Gasteiger partial charge is 0.431 e. The summed E-state index contributed by atoms with van der Waals surface area (Å²) in [6, 6.07) is 0.554. The standard InChI is InChI=1S/C11H13F6N/c1-2-3-4-5-7-6-8(10(12,13)14)9(18-7)11(15,16)17/h6,18H,2-5H2,1H3. The monoisotopic (exact) mass is 273 g/mol. The molecule has 0 unspecified atom stereocenters. The van der Waals surface area contributed by atoms with Gasteiger partial charge < -0.3 is 4.98 Å². The first-order valence-electron chi connectivity index (χ1n) is 5.52. The van der Waals surface area contributed by atoms with Crippen molar-refractivity contribution in [3.05, 3.63) is 23.0 Å². The van der Waals surface area contributed by atoms with Gasteiger partial charge in [-0.3, -0.25) is 0 Å². The minimum atomic E-state index is -5.02. The van der Waals surface area contributed by atoms with Crippen LogP contribution in [0.1, 0.15) is 43.1 Å². The zero-order chi connectivity index (χ0) is 14.0. The Morgan fingerprint density at radius 1 is 1.00 bits per heavy atom. The van der Waals surface area contributed by atoms with E-state index < -0.39 is 23.6 Å². The van der Waals surface area contributed by atoms with E-state index in [2.05, 4.69) is 0 Å². The van der Waals surface area contributed by atoms with Crippen LogP contribution >= 0.6 is 0 Å². The van der Waals surface area contributed by atoms with Crippen molar-refractivity contribution >= 4 is 0 Å². The van der Waals surface area contributed by atoms with Gasteiger partial charge in [0.1, 0.15) is 5.69 Å². The van der Waals surface area contributed by atoms with Crippen molar-refractivity contribution < 1.29 is 26.3 Å². The number of aryl methyl sites for hydroxylation is 1. The van der Waals surface area contributed by atoms with Crippen LogP contribution in [-0.2, 0) is 18.8 Å². The van der Waals surface area contributed by atoms with E-state index in [-0.39, 0.29) is 12.1 Å². The molecule has 0 saturated heterocycles. The maximum absolute atomic E-state index is 12.5. The summed E-state index contributed by atoms with van der Waals surface area (Å²) in [5.41, 5.74) is -3.37. The second-order valence-corrected chi connectivity index (χ2v) is 4.04. The SMILES string of the molecule is CCCCCc1cc(C(F)(F)F)c(C(F)(F)F)[nH]1. The predicted molar refractivity (Wildman–Crippen MR) is 54.0 cm³/mol. The molecule has 1 rings (SSSR count). The molecule has 0 spiro atoms. The molecular formula is C11H13F6N. The maximum Gasteiger partial charge on any atom is 0.431 e. The van der Waals surface area contributed by atoms with Crippen LogP contribution in [0.3, 0.4) is 0 Å². The summed E-state index contributed by atoms with van der Waals surface area (Å²) in [5.74, 6) is 0. The Morgan fingerprint density at radius 3 is 2.00 bits per heavy atom. The van der Waals surface area contributed by atoms with Crippen molar-refractivity contribution in [2.45, 2.75) is 45.0 Å². The summed E-state index contributed by atoms with van der Waals surface area (Å²) in [5, 5.41) is 0. The number of nitrogens with one attached hydrogen (secondary N) is 1. The Hall–Kier alpha value is -1.14. The highest BCUT2D eigenvalue weighted by molar-refractivity contribution is 5.31. The van der Waals surface area contributed by atoms with Gasteiger partial charge in [-0.1, -0.05) is 19.8 Å². The third-order valence-electron chi connectivity index (χ3n) is 2.51. The highest BCUT2D eigenvalue weighted by atomic mass is 19.4. The van der Waals surface area contributed by atoms with Crippen LogP contribution in [0, 0.1) is 0 Å². The van der Waals surface area contributed by atoms with Gasteiger partial charge in [0.15, 0.2) is 0 Å². The molecular weight excluding hydrogens is 260 g/mol. The van der Waals surface area contributed by atoms with Crippen molar-refractivity contribution in [1.82, 2.24) is 4.98 Å².